The van der Waals surface area contributed by atoms with Crippen molar-refractivity contribution in [1.29, 1.82) is 0 Å². The van der Waals surface area contributed by atoms with E-state index in [9.17, 15) is 9.59 Å². The second-order valence-corrected chi connectivity index (χ2v) is 4.66. The van der Waals surface area contributed by atoms with Crippen molar-refractivity contribution in [3.8, 4) is 0 Å². The van der Waals surface area contributed by atoms with Gasteiger partial charge in [0.1, 0.15) is 0 Å². The fourth-order valence-electron chi connectivity index (χ4n) is 1.90. The van der Waals surface area contributed by atoms with Crippen LogP contribution in [0.5, 0.6) is 0 Å². The summed E-state index contributed by atoms with van der Waals surface area (Å²) in [5.74, 6) is 0. The van der Waals surface area contributed by atoms with Gasteiger partial charge in [-0.1, -0.05) is 44.4 Å². The van der Waals surface area contributed by atoms with Crippen LogP contribution in [0, 0.1) is 0 Å². The van der Waals surface area contributed by atoms with Crippen molar-refractivity contribution in [2.75, 3.05) is 18.5 Å². The SMILES string of the molecule is CCCCCCOC(=O)Nc1ccccc1CCO[C]=O. The van der Waals surface area contributed by atoms with Crippen molar-refractivity contribution in [2.45, 2.75) is 39.0 Å². The number of carbonyl (C=O) groups excluding carboxylic acids is 2. The maximum absolute atomic E-state index is 11.7. The molecular weight excluding hydrogens is 270 g/mol. The summed E-state index contributed by atoms with van der Waals surface area (Å²) < 4.78 is 9.68. The smallest absolute Gasteiger partial charge is 0.417 e. The fourth-order valence-corrected chi connectivity index (χ4v) is 1.90. The predicted octanol–water partition coefficient (Wildman–Crippen LogP) is 3.44. The third kappa shape index (κ3) is 7.34. The van der Waals surface area contributed by atoms with Gasteiger partial charge >= 0.3 is 12.6 Å². The van der Waals surface area contributed by atoms with E-state index in [1.54, 1.807) is 6.07 Å². The number of benzene rings is 1. The standard InChI is InChI=1S/C16H22NO4/c1-2-3-4-7-11-21-16(19)17-15-9-6-5-8-14(15)10-12-20-13-18/h5-6,8-9H,2-4,7,10-12H2,1H3,(H,17,19). The van der Waals surface area contributed by atoms with E-state index in [2.05, 4.69) is 17.0 Å². The van der Waals surface area contributed by atoms with Crippen LogP contribution in [0.15, 0.2) is 24.3 Å². The first kappa shape index (κ1) is 17.0. The fraction of sp³-hybridized carbons (Fsp3) is 0.500. The summed E-state index contributed by atoms with van der Waals surface area (Å²) in [6.45, 7) is 4.17. The Balaban J connectivity index is 2.38. The van der Waals surface area contributed by atoms with E-state index < -0.39 is 6.09 Å². The number of carbonyl (C=O) groups is 1. The van der Waals surface area contributed by atoms with Crippen molar-refractivity contribution < 1.29 is 19.1 Å². The highest BCUT2D eigenvalue weighted by Gasteiger charge is 2.07. The highest BCUT2D eigenvalue weighted by molar-refractivity contribution is 5.85. The van der Waals surface area contributed by atoms with E-state index >= 15 is 0 Å². The topological polar surface area (TPSA) is 64.6 Å². The first-order valence-corrected chi connectivity index (χ1v) is 7.28. The van der Waals surface area contributed by atoms with Gasteiger partial charge in [0.2, 0.25) is 0 Å². The lowest BCUT2D eigenvalue weighted by molar-refractivity contribution is 0.159. The molecular formula is C16H22NO4. The quantitative estimate of drug-likeness (QED) is 0.671. The van der Waals surface area contributed by atoms with Gasteiger partial charge in [-0.05, 0) is 18.1 Å². The molecule has 1 rings (SSSR count). The Bertz CT molecular complexity index is 434. The maximum atomic E-state index is 11.7. The molecule has 0 atom stereocenters. The molecule has 0 aliphatic heterocycles. The van der Waals surface area contributed by atoms with Crippen LogP contribution < -0.4 is 5.32 Å². The number of para-hydroxylation sites is 1. The van der Waals surface area contributed by atoms with Gasteiger partial charge in [-0.2, -0.15) is 0 Å². The number of hydrogen-bond donors (Lipinski definition) is 1. The Hall–Kier alpha value is -2.04. The maximum Gasteiger partial charge on any atom is 0.417 e. The molecule has 1 radical (unpaired) electrons. The summed E-state index contributed by atoms with van der Waals surface area (Å²) in [7, 11) is 0. The molecule has 0 aliphatic rings. The summed E-state index contributed by atoms with van der Waals surface area (Å²) in [5.41, 5.74) is 1.56. The second-order valence-electron chi connectivity index (χ2n) is 4.66. The first-order chi connectivity index (χ1) is 10.3. The van der Waals surface area contributed by atoms with Crippen LogP contribution in [0.1, 0.15) is 38.2 Å². The Morgan fingerprint density at radius 3 is 2.76 bits per heavy atom. The van der Waals surface area contributed by atoms with Crippen LogP contribution in [-0.2, 0) is 20.7 Å². The van der Waals surface area contributed by atoms with E-state index in [1.807, 2.05) is 18.2 Å². The Labute approximate surface area is 125 Å². The lowest BCUT2D eigenvalue weighted by atomic mass is 10.1. The van der Waals surface area contributed by atoms with Crippen molar-refractivity contribution >= 4 is 18.3 Å². The molecule has 1 aromatic carbocycles. The third-order valence-electron chi connectivity index (χ3n) is 3.02. The molecule has 1 amide bonds. The molecule has 5 nitrogen and oxygen atoms in total. The number of unbranched alkanes of at least 4 members (excludes halogenated alkanes) is 3. The first-order valence-electron chi connectivity index (χ1n) is 7.28. The summed E-state index contributed by atoms with van der Waals surface area (Å²) in [5, 5.41) is 2.71. The third-order valence-corrected chi connectivity index (χ3v) is 3.02. The molecule has 0 aliphatic carbocycles. The number of amides is 1. The molecule has 1 aromatic rings. The number of ether oxygens (including phenoxy) is 2. The van der Waals surface area contributed by atoms with Crippen LogP contribution in [0.4, 0.5) is 10.5 Å². The molecule has 0 unspecified atom stereocenters. The Kier molecular flexibility index (Phi) is 8.68. The highest BCUT2D eigenvalue weighted by Crippen LogP contribution is 2.16. The average molecular weight is 292 g/mol. The predicted molar refractivity (Wildman–Crippen MR) is 80.9 cm³/mol. The lowest BCUT2D eigenvalue weighted by Crippen LogP contribution is -2.16. The van der Waals surface area contributed by atoms with E-state index in [0.29, 0.717) is 18.7 Å². The van der Waals surface area contributed by atoms with Gasteiger partial charge in [-0.25, -0.2) is 9.59 Å². The van der Waals surface area contributed by atoms with Crippen LogP contribution in [-0.4, -0.2) is 25.8 Å². The normalized spacial score (nSPS) is 9.95. The van der Waals surface area contributed by atoms with Crippen LogP contribution in [0.2, 0.25) is 0 Å². The van der Waals surface area contributed by atoms with Crippen LogP contribution >= 0.6 is 0 Å². The zero-order chi connectivity index (χ0) is 15.3. The van der Waals surface area contributed by atoms with Gasteiger partial charge < -0.3 is 9.47 Å². The van der Waals surface area contributed by atoms with Gasteiger partial charge in [0.25, 0.3) is 0 Å². The summed E-state index contributed by atoms with van der Waals surface area (Å²) >= 11 is 0. The second kappa shape index (κ2) is 10.7. The summed E-state index contributed by atoms with van der Waals surface area (Å²) in [6, 6.07) is 7.34. The molecule has 0 spiro atoms. The van der Waals surface area contributed by atoms with Crippen molar-refractivity contribution in [1.82, 2.24) is 0 Å². The van der Waals surface area contributed by atoms with E-state index in [1.165, 1.54) is 6.47 Å². The molecule has 21 heavy (non-hydrogen) atoms. The molecule has 0 bridgehead atoms. The monoisotopic (exact) mass is 292 g/mol. The van der Waals surface area contributed by atoms with Crippen LogP contribution in [0.3, 0.4) is 0 Å². The summed E-state index contributed by atoms with van der Waals surface area (Å²) in [6.07, 6.45) is 4.32. The number of rotatable bonds is 10. The van der Waals surface area contributed by atoms with Gasteiger partial charge in [0, 0.05) is 12.1 Å². The van der Waals surface area contributed by atoms with Crippen molar-refractivity contribution in [2.24, 2.45) is 0 Å². The summed E-state index contributed by atoms with van der Waals surface area (Å²) in [4.78, 5) is 21.7. The van der Waals surface area contributed by atoms with Gasteiger partial charge in [0.05, 0.1) is 13.2 Å². The molecule has 0 fully saturated rings. The zero-order valence-electron chi connectivity index (χ0n) is 12.4. The van der Waals surface area contributed by atoms with Crippen LogP contribution in [0.25, 0.3) is 0 Å². The minimum absolute atomic E-state index is 0.230. The molecule has 1 N–H and O–H groups in total. The molecule has 0 saturated heterocycles. The Morgan fingerprint density at radius 2 is 2.00 bits per heavy atom. The minimum Gasteiger partial charge on any atom is -0.457 e. The van der Waals surface area contributed by atoms with Gasteiger partial charge in [-0.3, -0.25) is 5.32 Å². The molecule has 0 heterocycles. The minimum atomic E-state index is -0.457. The molecule has 0 saturated carbocycles. The largest absolute Gasteiger partial charge is 0.457 e. The van der Waals surface area contributed by atoms with E-state index in [0.717, 1.165) is 31.2 Å². The van der Waals surface area contributed by atoms with E-state index in [-0.39, 0.29) is 6.61 Å². The van der Waals surface area contributed by atoms with Gasteiger partial charge in [0.15, 0.2) is 0 Å². The number of anilines is 1. The number of nitrogens with one attached hydrogen (secondary N) is 1. The van der Waals surface area contributed by atoms with E-state index in [4.69, 9.17) is 4.74 Å². The molecule has 5 heteroatoms. The average Bonchev–Trinajstić information content (AvgIpc) is 2.49. The Morgan fingerprint density at radius 1 is 1.19 bits per heavy atom. The number of hydrogen-bond acceptors (Lipinski definition) is 4. The lowest BCUT2D eigenvalue weighted by Gasteiger charge is -2.11. The highest BCUT2D eigenvalue weighted by atomic mass is 16.5. The van der Waals surface area contributed by atoms with Crippen molar-refractivity contribution in [3.05, 3.63) is 29.8 Å². The zero-order valence-corrected chi connectivity index (χ0v) is 12.4. The molecule has 115 valence electrons. The molecule has 0 aromatic heterocycles. The van der Waals surface area contributed by atoms with Crippen molar-refractivity contribution in [3.63, 3.8) is 0 Å². The van der Waals surface area contributed by atoms with Gasteiger partial charge in [-0.15, -0.1) is 0 Å².